The van der Waals surface area contributed by atoms with Gasteiger partial charge in [-0.25, -0.2) is 0 Å². The third-order valence-electron chi connectivity index (χ3n) is 6.24. The fourth-order valence-electron chi connectivity index (χ4n) is 4.83. The van der Waals surface area contributed by atoms with Crippen molar-refractivity contribution in [2.45, 2.75) is 25.3 Å². The van der Waals surface area contributed by atoms with Gasteiger partial charge in [0.05, 0.1) is 12.5 Å². The van der Waals surface area contributed by atoms with E-state index in [0.717, 1.165) is 11.3 Å². The van der Waals surface area contributed by atoms with Gasteiger partial charge in [0, 0.05) is 35.8 Å². The zero-order chi connectivity index (χ0) is 21.6. The van der Waals surface area contributed by atoms with Crippen molar-refractivity contribution in [3.63, 3.8) is 0 Å². The van der Waals surface area contributed by atoms with Crippen LogP contribution >= 0.6 is 11.6 Å². The number of likely N-dealkylation sites (N-methyl/N-ethyl adjacent to an activating group) is 1. The fourth-order valence-corrected chi connectivity index (χ4v) is 4.95. The SMILES string of the molecule is CCOC(=O)[C@H]1CN(C(=O)c2ccc(Cl)cc2)[C@]2(C)C(=O)N(C)c3ccccc3[C@H]12. The number of ether oxygens (including phenoxy) is 1. The quantitative estimate of drug-likeness (QED) is 0.704. The van der Waals surface area contributed by atoms with E-state index in [1.807, 2.05) is 24.3 Å². The highest BCUT2D eigenvalue weighted by molar-refractivity contribution is 6.30. The van der Waals surface area contributed by atoms with Gasteiger partial charge in [-0.15, -0.1) is 0 Å². The van der Waals surface area contributed by atoms with E-state index >= 15 is 0 Å². The highest BCUT2D eigenvalue weighted by Gasteiger charge is 2.63. The van der Waals surface area contributed by atoms with Crippen LogP contribution in [0.5, 0.6) is 0 Å². The van der Waals surface area contributed by atoms with E-state index in [2.05, 4.69) is 0 Å². The molecule has 2 amide bonds. The summed E-state index contributed by atoms with van der Waals surface area (Å²) < 4.78 is 5.33. The molecule has 4 rings (SSSR count). The number of para-hydroxylation sites is 1. The van der Waals surface area contributed by atoms with E-state index < -0.39 is 23.3 Å². The normalized spacial score (nSPS) is 25.0. The summed E-state index contributed by atoms with van der Waals surface area (Å²) in [5.74, 6) is -2.06. The van der Waals surface area contributed by atoms with Gasteiger partial charge in [0.1, 0.15) is 5.54 Å². The van der Waals surface area contributed by atoms with Crippen molar-refractivity contribution in [1.29, 1.82) is 0 Å². The molecular formula is C23H23ClN2O4. The Morgan fingerprint density at radius 1 is 1.17 bits per heavy atom. The lowest BCUT2D eigenvalue weighted by Crippen LogP contribution is -2.60. The highest BCUT2D eigenvalue weighted by Crippen LogP contribution is 2.53. The maximum Gasteiger partial charge on any atom is 0.311 e. The molecule has 0 saturated carbocycles. The van der Waals surface area contributed by atoms with Crippen molar-refractivity contribution in [3.8, 4) is 0 Å². The second kappa shape index (κ2) is 7.43. The maximum absolute atomic E-state index is 13.6. The average Bonchev–Trinajstić information content (AvgIpc) is 3.07. The minimum absolute atomic E-state index is 0.107. The fraction of sp³-hybridized carbons (Fsp3) is 0.348. The summed E-state index contributed by atoms with van der Waals surface area (Å²) in [6.07, 6.45) is 0. The van der Waals surface area contributed by atoms with Gasteiger partial charge in [-0.3, -0.25) is 14.4 Å². The van der Waals surface area contributed by atoms with Crippen molar-refractivity contribution in [2.75, 3.05) is 25.1 Å². The van der Waals surface area contributed by atoms with Crippen molar-refractivity contribution < 1.29 is 19.1 Å². The minimum atomic E-state index is -1.21. The summed E-state index contributed by atoms with van der Waals surface area (Å²) in [7, 11) is 1.70. The summed E-state index contributed by atoms with van der Waals surface area (Å²) in [4.78, 5) is 43.0. The molecule has 2 aliphatic rings. The van der Waals surface area contributed by atoms with Crippen LogP contribution in [0, 0.1) is 5.92 Å². The molecule has 6 nitrogen and oxygen atoms in total. The van der Waals surface area contributed by atoms with Crippen LogP contribution < -0.4 is 4.90 Å². The number of anilines is 1. The molecule has 2 aromatic carbocycles. The summed E-state index contributed by atoms with van der Waals surface area (Å²) in [6.45, 7) is 3.84. The number of hydrogen-bond donors (Lipinski definition) is 0. The molecule has 0 aliphatic carbocycles. The molecule has 2 heterocycles. The molecule has 1 saturated heterocycles. The standard InChI is InChI=1S/C23H23ClN2O4/c1-4-30-21(28)17-13-26(20(27)14-9-11-15(24)12-10-14)23(2)19(17)16-7-5-6-8-18(16)25(3)22(23)29/h5-12,17,19H,4,13H2,1-3H3/t17-,19+,23-/m0/s1. The van der Waals surface area contributed by atoms with Crippen LogP contribution in [-0.4, -0.2) is 48.4 Å². The molecule has 156 valence electrons. The van der Waals surface area contributed by atoms with E-state index in [1.165, 1.54) is 4.90 Å². The number of benzene rings is 2. The molecule has 1 fully saturated rings. The van der Waals surface area contributed by atoms with Gasteiger partial charge in [0.25, 0.3) is 11.8 Å². The summed E-state index contributed by atoms with van der Waals surface area (Å²) >= 11 is 5.97. The molecular weight excluding hydrogens is 404 g/mol. The summed E-state index contributed by atoms with van der Waals surface area (Å²) in [6, 6.07) is 14.1. The molecule has 2 aliphatic heterocycles. The predicted octanol–water partition coefficient (Wildman–Crippen LogP) is 3.49. The van der Waals surface area contributed by atoms with Crippen molar-refractivity contribution in [1.82, 2.24) is 4.90 Å². The van der Waals surface area contributed by atoms with Crippen LogP contribution in [0.3, 0.4) is 0 Å². The zero-order valence-electron chi connectivity index (χ0n) is 17.1. The largest absolute Gasteiger partial charge is 0.466 e. The Bertz CT molecular complexity index is 1020. The Morgan fingerprint density at radius 2 is 1.83 bits per heavy atom. The Balaban J connectivity index is 1.86. The number of nitrogens with zero attached hydrogens (tertiary/aromatic N) is 2. The van der Waals surface area contributed by atoms with Gasteiger partial charge >= 0.3 is 5.97 Å². The van der Waals surface area contributed by atoms with Crippen molar-refractivity contribution >= 4 is 35.1 Å². The van der Waals surface area contributed by atoms with Crippen LogP contribution in [-0.2, 0) is 14.3 Å². The van der Waals surface area contributed by atoms with E-state index in [0.29, 0.717) is 10.6 Å². The Hall–Kier alpha value is -2.86. The summed E-state index contributed by atoms with van der Waals surface area (Å²) in [5, 5.41) is 0.517. The van der Waals surface area contributed by atoms with Crippen LogP contribution in [0.25, 0.3) is 0 Å². The molecule has 0 bridgehead atoms. The number of amides is 2. The van der Waals surface area contributed by atoms with E-state index in [9.17, 15) is 14.4 Å². The second-order valence-electron chi connectivity index (χ2n) is 7.83. The molecule has 0 unspecified atom stereocenters. The molecule has 30 heavy (non-hydrogen) atoms. The Morgan fingerprint density at radius 3 is 2.50 bits per heavy atom. The van der Waals surface area contributed by atoms with Crippen LogP contribution in [0.2, 0.25) is 5.02 Å². The molecule has 3 atom stereocenters. The number of halogens is 1. The minimum Gasteiger partial charge on any atom is -0.466 e. The van der Waals surface area contributed by atoms with Crippen molar-refractivity contribution in [3.05, 3.63) is 64.7 Å². The van der Waals surface area contributed by atoms with Gasteiger partial charge < -0.3 is 14.5 Å². The lowest BCUT2D eigenvalue weighted by atomic mass is 9.72. The molecule has 0 spiro atoms. The zero-order valence-corrected chi connectivity index (χ0v) is 17.8. The average molecular weight is 427 g/mol. The molecule has 0 radical (unpaired) electrons. The van der Waals surface area contributed by atoms with Gasteiger partial charge in [-0.2, -0.15) is 0 Å². The Labute approximate surface area is 180 Å². The number of fused-ring (bicyclic) bond motifs is 3. The lowest BCUT2D eigenvalue weighted by Gasteiger charge is -2.45. The number of carbonyl (C=O) groups excluding carboxylic acids is 3. The van der Waals surface area contributed by atoms with E-state index in [1.54, 1.807) is 50.1 Å². The number of rotatable bonds is 3. The van der Waals surface area contributed by atoms with E-state index in [4.69, 9.17) is 16.3 Å². The summed E-state index contributed by atoms with van der Waals surface area (Å²) in [5.41, 5.74) is 0.821. The third-order valence-corrected chi connectivity index (χ3v) is 6.50. The molecule has 0 aromatic heterocycles. The number of carbonyl (C=O) groups is 3. The highest BCUT2D eigenvalue weighted by atomic mass is 35.5. The molecule has 0 N–H and O–H groups in total. The van der Waals surface area contributed by atoms with Gasteiger partial charge in [0.15, 0.2) is 0 Å². The van der Waals surface area contributed by atoms with Gasteiger partial charge in [0.2, 0.25) is 0 Å². The van der Waals surface area contributed by atoms with Crippen molar-refractivity contribution in [2.24, 2.45) is 5.92 Å². The van der Waals surface area contributed by atoms with Crippen LogP contribution in [0.4, 0.5) is 5.69 Å². The third kappa shape index (κ3) is 2.89. The first-order chi connectivity index (χ1) is 14.3. The second-order valence-corrected chi connectivity index (χ2v) is 8.27. The first-order valence-electron chi connectivity index (χ1n) is 9.92. The number of hydrogen-bond acceptors (Lipinski definition) is 4. The number of esters is 1. The molecule has 2 aromatic rings. The van der Waals surface area contributed by atoms with Crippen LogP contribution in [0.15, 0.2) is 48.5 Å². The molecule has 7 heteroatoms. The first-order valence-corrected chi connectivity index (χ1v) is 10.3. The first kappa shape index (κ1) is 20.4. The Kier molecular flexibility index (Phi) is 5.06. The smallest absolute Gasteiger partial charge is 0.311 e. The predicted molar refractivity (Wildman–Crippen MR) is 114 cm³/mol. The van der Waals surface area contributed by atoms with Gasteiger partial charge in [-0.1, -0.05) is 29.8 Å². The van der Waals surface area contributed by atoms with Crippen LogP contribution in [0.1, 0.15) is 35.7 Å². The number of likely N-dealkylation sites (tertiary alicyclic amines) is 1. The lowest BCUT2D eigenvalue weighted by molar-refractivity contribution is -0.148. The topological polar surface area (TPSA) is 66.9 Å². The van der Waals surface area contributed by atoms with Gasteiger partial charge in [-0.05, 0) is 49.7 Å². The maximum atomic E-state index is 13.6. The van der Waals surface area contributed by atoms with E-state index in [-0.39, 0.29) is 25.0 Å². The monoisotopic (exact) mass is 426 g/mol.